The standard InChI is InChI=1S/C37H40Cl2N6O5/c1-44(2)20-17-40-36(46)31-9-5-7-29-33(30-8-6-10-32(49-4)35(30)43-34(29)31)41-24-21-25(23-28(22-24)48-3)42-37(47)50-27-13-11-26(12-14-27)45(18-15-38)19-16-39/h5-14,21-23H,15-20H2,1-4H3,(H,40,46)(H,41,43)(H,42,47). The van der Waals surface area contributed by atoms with Gasteiger partial charge in [0.1, 0.15) is 22.8 Å². The number of halogens is 2. The van der Waals surface area contributed by atoms with Crippen LogP contribution >= 0.6 is 23.2 Å². The largest absolute Gasteiger partial charge is 0.497 e. The number of benzene rings is 4. The molecule has 0 bridgehead atoms. The maximum absolute atomic E-state index is 13.4. The van der Waals surface area contributed by atoms with E-state index in [2.05, 4.69) is 20.9 Å². The molecule has 3 N–H and O–H groups in total. The predicted molar refractivity (Wildman–Crippen MR) is 203 cm³/mol. The molecule has 0 aliphatic heterocycles. The lowest BCUT2D eigenvalue weighted by molar-refractivity contribution is 0.0952. The number of hydrogen-bond donors (Lipinski definition) is 3. The number of hydrogen-bond acceptors (Lipinski definition) is 9. The van der Waals surface area contributed by atoms with E-state index in [4.69, 9.17) is 42.4 Å². The first-order chi connectivity index (χ1) is 24.2. The summed E-state index contributed by atoms with van der Waals surface area (Å²) in [5.74, 6) is 2.13. The highest BCUT2D eigenvalue weighted by atomic mass is 35.5. The molecule has 0 spiro atoms. The van der Waals surface area contributed by atoms with Gasteiger partial charge in [-0.25, -0.2) is 9.78 Å². The zero-order valence-corrected chi connectivity index (χ0v) is 29.9. The molecule has 0 atom stereocenters. The number of carbonyl (C=O) groups is 2. The van der Waals surface area contributed by atoms with E-state index in [-0.39, 0.29) is 5.91 Å². The molecular formula is C37H40Cl2N6O5. The number of alkyl halides is 2. The molecule has 2 amide bonds. The van der Waals surface area contributed by atoms with Crippen molar-refractivity contribution in [2.45, 2.75) is 0 Å². The Kier molecular flexibility index (Phi) is 12.4. The van der Waals surface area contributed by atoms with Crippen LogP contribution in [0.1, 0.15) is 10.4 Å². The molecule has 1 heterocycles. The zero-order valence-electron chi connectivity index (χ0n) is 28.4. The highest BCUT2D eigenvalue weighted by Crippen LogP contribution is 2.39. The van der Waals surface area contributed by atoms with E-state index in [0.717, 1.165) is 16.5 Å². The van der Waals surface area contributed by atoms with Gasteiger partial charge in [0.15, 0.2) is 0 Å². The second-order valence-electron chi connectivity index (χ2n) is 11.6. The number of aromatic nitrogens is 1. The maximum Gasteiger partial charge on any atom is 0.417 e. The van der Waals surface area contributed by atoms with Crippen molar-refractivity contribution >= 4 is 79.8 Å². The van der Waals surface area contributed by atoms with Crippen molar-refractivity contribution in [1.29, 1.82) is 0 Å². The molecule has 0 radical (unpaired) electrons. The highest BCUT2D eigenvalue weighted by molar-refractivity contribution is 6.19. The van der Waals surface area contributed by atoms with E-state index >= 15 is 0 Å². The van der Waals surface area contributed by atoms with Gasteiger partial charge in [-0.2, -0.15) is 0 Å². The molecule has 5 rings (SSSR count). The van der Waals surface area contributed by atoms with Crippen LogP contribution in [0.15, 0.2) is 78.9 Å². The van der Waals surface area contributed by atoms with Crippen molar-refractivity contribution in [2.75, 3.05) is 81.8 Å². The number of ether oxygens (including phenoxy) is 3. The third-order valence-electron chi connectivity index (χ3n) is 7.89. The van der Waals surface area contributed by atoms with Gasteiger partial charge in [0.05, 0.1) is 31.0 Å². The van der Waals surface area contributed by atoms with Gasteiger partial charge in [0, 0.05) is 77.9 Å². The third-order valence-corrected chi connectivity index (χ3v) is 8.22. The van der Waals surface area contributed by atoms with Crippen LogP contribution in [0.3, 0.4) is 0 Å². The monoisotopic (exact) mass is 718 g/mol. The van der Waals surface area contributed by atoms with Gasteiger partial charge in [-0.15, -0.1) is 23.2 Å². The van der Waals surface area contributed by atoms with Crippen LogP contribution in [0.25, 0.3) is 21.8 Å². The summed E-state index contributed by atoms with van der Waals surface area (Å²) >= 11 is 11.9. The van der Waals surface area contributed by atoms with Crippen molar-refractivity contribution in [1.82, 2.24) is 15.2 Å². The Morgan fingerprint density at radius 3 is 2.12 bits per heavy atom. The summed E-state index contributed by atoms with van der Waals surface area (Å²) in [6.45, 7) is 2.47. The zero-order chi connectivity index (χ0) is 35.6. The lowest BCUT2D eigenvalue weighted by Gasteiger charge is -2.22. The predicted octanol–water partition coefficient (Wildman–Crippen LogP) is 7.34. The summed E-state index contributed by atoms with van der Waals surface area (Å²) in [7, 11) is 7.03. The first kappa shape index (κ1) is 36.3. The molecule has 0 aliphatic rings. The number of rotatable bonds is 15. The Morgan fingerprint density at radius 1 is 0.780 bits per heavy atom. The minimum atomic E-state index is -0.676. The number of fused-ring (bicyclic) bond motifs is 2. The van der Waals surface area contributed by atoms with Crippen LogP contribution in [0, 0.1) is 0 Å². The Balaban J connectivity index is 1.45. The summed E-state index contributed by atoms with van der Waals surface area (Å²) in [6, 6.07) is 23.5. The van der Waals surface area contributed by atoms with Crippen molar-refractivity contribution in [2.24, 2.45) is 0 Å². The number of methoxy groups -OCH3 is 2. The van der Waals surface area contributed by atoms with E-state index < -0.39 is 6.09 Å². The number of likely N-dealkylation sites (N-methyl/N-ethyl adjacent to an activating group) is 1. The highest BCUT2D eigenvalue weighted by Gasteiger charge is 2.19. The van der Waals surface area contributed by atoms with Crippen molar-refractivity contribution < 1.29 is 23.8 Å². The fraction of sp³-hybridized carbons (Fsp3) is 0.270. The molecule has 11 nitrogen and oxygen atoms in total. The van der Waals surface area contributed by atoms with Crippen molar-refractivity contribution in [3.63, 3.8) is 0 Å². The molecular weight excluding hydrogens is 679 g/mol. The Bertz CT molecular complexity index is 1950. The van der Waals surface area contributed by atoms with Gasteiger partial charge in [-0.05, 0) is 56.6 Å². The Morgan fingerprint density at radius 2 is 1.46 bits per heavy atom. The topological polar surface area (TPSA) is 117 Å². The Labute approximate surface area is 301 Å². The van der Waals surface area contributed by atoms with Crippen LogP contribution in [0.2, 0.25) is 0 Å². The number of nitrogens with one attached hydrogen (secondary N) is 3. The Hall–Kier alpha value is -4.97. The van der Waals surface area contributed by atoms with Crippen LogP contribution in [-0.4, -0.2) is 88.1 Å². The summed E-state index contributed by atoms with van der Waals surface area (Å²) in [6.07, 6.45) is -0.676. The summed E-state index contributed by atoms with van der Waals surface area (Å²) in [4.78, 5) is 35.4. The smallest absolute Gasteiger partial charge is 0.417 e. The number of para-hydroxylation sites is 2. The average Bonchev–Trinajstić information content (AvgIpc) is 3.11. The van der Waals surface area contributed by atoms with Crippen LogP contribution in [-0.2, 0) is 0 Å². The van der Waals surface area contributed by atoms with E-state index in [9.17, 15) is 9.59 Å². The normalized spacial score (nSPS) is 11.0. The van der Waals surface area contributed by atoms with E-state index in [1.165, 1.54) is 0 Å². The van der Waals surface area contributed by atoms with Crippen LogP contribution in [0.4, 0.5) is 27.5 Å². The molecule has 5 aromatic rings. The molecule has 50 heavy (non-hydrogen) atoms. The SMILES string of the molecule is COc1cc(NC(=O)Oc2ccc(N(CCCl)CCCl)cc2)cc(Nc2c3cccc(OC)c3nc3c(C(=O)NCCN(C)C)cccc23)c1. The molecule has 0 saturated heterocycles. The lowest BCUT2D eigenvalue weighted by atomic mass is 10.0. The van der Waals surface area contributed by atoms with E-state index in [1.807, 2.05) is 61.5 Å². The molecule has 0 saturated carbocycles. The average molecular weight is 720 g/mol. The second kappa shape index (κ2) is 17.1. The van der Waals surface area contributed by atoms with Gasteiger partial charge in [0.2, 0.25) is 0 Å². The second-order valence-corrected chi connectivity index (χ2v) is 12.3. The molecule has 4 aromatic carbocycles. The number of pyridine rings is 1. The summed E-state index contributed by atoms with van der Waals surface area (Å²) in [5.41, 5.74) is 4.21. The number of carbonyl (C=O) groups excluding carboxylic acids is 2. The number of amides is 2. The fourth-order valence-corrected chi connectivity index (χ4v) is 5.90. The van der Waals surface area contributed by atoms with Crippen molar-refractivity contribution in [3.8, 4) is 17.2 Å². The van der Waals surface area contributed by atoms with Crippen LogP contribution < -0.4 is 35.1 Å². The third kappa shape index (κ3) is 8.78. The van der Waals surface area contributed by atoms with Gasteiger partial charge in [0.25, 0.3) is 5.91 Å². The van der Waals surface area contributed by atoms with Gasteiger partial charge >= 0.3 is 6.09 Å². The number of anilines is 4. The lowest BCUT2D eigenvalue weighted by Crippen LogP contribution is -2.31. The molecule has 0 aliphatic carbocycles. The van der Waals surface area contributed by atoms with E-state index in [1.54, 1.807) is 50.6 Å². The molecule has 262 valence electrons. The summed E-state index contributed by atoms with van der Waals surface area (Å²) in [5, 5.41) is 10.8. The fourth-order valence-electron chi connectivity index (χ4n) is 5.49. The first-order valence-electron chi connectivity index (χ1n) is 16.0. The number of nitrogens with zero attached hydrogens (tertiary/aromatic N) is 3. The first-order valence-corrected chi connectivity index (χ1v) is 17.1. The van der Waals surface area contributed by atoms with Crippen molar-refractivity contribution in [3.05, 3.63) is 84.4 Å². The molecule has 0 fully saturated rings. The molecule has 1 aromatic heterocycles. The quantitative estimate of drug-likeness (QED) is 0.0755. The van der Waals surface area contributed by atoms with Gasteiger partial charge in [-0.1, -0.05) is 24.3 Å². The minimum absolute atomic E-state index is 0.228. The molecule has 13 heteroatoms. The van der Waals surface area contributed by atoms with E-state index in [0.29, 0.717) is 88.8 Å². The van der Waals surface area contributed by atoms with Gasteiger partial charge < -0.3 is 34.6 Å². The molecule has 0 unspecified atom stereocenters. The summed E-state index contributed by atoms with van der Waals surface area (Å²) < 4.78 is 16.8. The minimum Gasteiger partial charge on any atom is -0.497 e. The van der Waals surface area contributed by atoms with Gasteiger partial charge in [-0.3, -0.25) is 10.1 Å². The maximum atomic E-state index is 13.4. The van der Waals surface area contributed by atoms with Crippen LogP contribution in [0.5, 0.6) is 17.2 Å².